The fourth-order valence-electron chi connectivity index (χ4n) is 3.40. The maximum atomic E-state index is 13.2. The minimum atomic E-state index is -4.61. The summed E-state index contributed by atoms with van der Waals surface area (Å²) >= 11 is 0. The van der Waals surface area contributed by atoms with Crippen LogP contribution >= 0.6 is 0 Å². The van der Waals surface area contributed by atoms with Gasteiger partial charge in [0.2, 0.25) is 10.0 Å². The highest BCUT2D eigenvalue weighted by Gasteiger charge is 2.30. The van der Waals surface area contributed by atoms with Gasteiger partial charge in [-0.25, -0.2) is 8.42 Å². The molecule has 30 heavy (non-hydrogen) atoms. The van der Waals surface area contributed by atoms with Gasteiger partial charge in [-0.15, -0.1) is 0 Å². The number of H-pyrrole nitrogens is 1. The van der Waals surface area contributed by atoms with Gasteiger partial charge in [-0.3, -0.25) is 19.2 Å². The number of para-hydroxylation sites is 1. The van der Waals surface area contributed by atoms with Gasteiger partial charge in [-0.2, -0.15) is 18.3 Å². The largest absolute Gasteiger partial charge is 0.406 e. The van der Waals surface area contributed by atoms with Crippen LogP contribution in [-0.2, 0) is 16.6 Å². The van der Waals surface area contributed by atoms with Crippen molar-refractivity contribution in [2.75, 3.05) is 11.0 Å². The number of rotatable bonds is 4. The van der Waals surface area contributed by atoms with Gasteiger partial charge < -0.3 is 0 Å². The molecule has 0 radical (unpaired) electrons. The lowest BCUT2D eigenvalue weighted by molar-refractivity contribution is -0.140. The molecule has 0 saturated carbocycles. The van der Waals surface area contributed by atoms with Crippen LogP contribution < -0.4 is 10.3 Å². The molecule has 2 heterocycles. The molecule has 156 valence electrons. The monoisotopic (exact) mass is 436 g/mol. The second-order valence-corrected chi connectivity index (χ2v) is 8.57. The van der Waals surface area contributed by atoms with Crippen LogP contribution in [0.25, 0.3) is 32.9 Å². The molecule has 0 atom stereocenters. The Balaban J connectivity index is 2.01. The Hall–Kier alpha value is -3.34. The average Bonchev–Trinajstić information content (AvgIpc) is 3.13. The highest BCUT2D eigenvalue weighted by atomic mass is 32.2. The van der Waals surface area contributed by atoms with Gasteiger partial charge in [-0.05, 0) is 17.7 Å². The highest BCUT2D eigenvalue weighted by molar-refractivity contribution is 7.92. The van der Waals surface area contributed by atoms with Crippen LogP contribution in [0.5, 0.6) is 0 Å². The molecule has 2 aromatic heterocycles. The van der Waals surface area contributed by atoms with Crippen molar-refractivity contribution in [2.45, 2.75) is 12.7 Å². The third kappa shape index (κ3) is 3.75. The van der Waals surface area contributed by atoms with Crippen LogP contribution in [0.3, 0.4) is 0 Å². The summed E-state index contributed by atoms with van der Waals surface area (Å²) < 4.78 is 66.0. The first-order valence-electron chi connectivity index (χ1n) is 8.67. The van der Waals surface area contributed by atoms with Gasteiger partial charge in [0.15, 0.2) is 0 Å². The van der Waals surface area contributed by atoms with Crippen molar-refractivity contribution in [1.29, 1.82) is 0 Å². The summed E-state index contributed by atoms with van der Waals surface area (Å²) in [5.41, 5.74) is 0.752. The number of nitrogens with zero attached hydrogens (tertiary/aromatic N) is 2. The number of anilines is 1. The van der Waals surface area contributed by atoms with E-state index in [2.05, 4.69) is 14.9 Å². The number of sulfonamides is 1. The van der Waals surface area contributed by atoms with Crippen molar-refractivity contribution in [3.8, 4) is 11.1 Å². The van der Waals surface area contributed by atoms with Gasteiger partial charge in [0, 0.05) is 10.9 Å². The Morgan fingerprint density at radius 1 is 1.13 bits per heavy atom. The van der Waals surface area contributed by atoms with Crippen molar-refractivity contribution in [1.82, 2.24) is 14.8 Å². The Morgan fingerprint density at radius 2 is 1.87 bits per heavy atom. The standard InChI is InChI=1S/C19H15F3N4O3S/c1-30(28,29)25-15-5-3-2-4-12(15)11-6-7-13-16(8-11)26(10-19(20,21)22)18(27)14-9-23-24-17(13)14/h2-9,25H,10H2,1H3,(H,23,24). The molecule has 0 bridgehead atoms. The third-order valence-electron chi connectivity index (χ3n) is 4.54. The maximum absolute atomic E-state index is 13.2. The SMILES string of the molecule is CS(=O)(=O)Nc1ccccc1-c1ccc2c3[nH]ncc3c(=O)n(CC(F)(F)F)c2c1. The summed E-state index contributed by atoms with van der Waals surface area (Å²) in [4.78, 5) is 12.7. The molecule has 2 N–H and O–H groups in total. The zero-order valence-corrected chi connectivity index (χ0v) is 16.3. The van der Waals surface area contributed by atoms with Crippen LogP contribution in [0.1, 0.15) is 0 Å². The van der Waals surface area contributed by atoms with Gasteiger partial charge >= 0.3 is 6.18 Å². The molecule has 0 aliphatic rings. The number of alkyl halides is 3. The van der Waals surface area contributed by atoms with Gasteiger partial charge in [0.25, 0.3) is 5.56 Å². The van der Waals surface area contributed by atoms with E-state index in [1.807, 2.05) is 0 Å². The Kier molecular flexibility index (Phi) is 4.57. The fourth-order valence-corrected chi connectivity index (χ4v) is 3.98. The van der Waals surface area contributed by atoms with E-state index in [4.69, 9.17) is 0 Å². The summed E-state index contributed by atoms with van der Waals surface area (Å²) in [5, 5.41) is 6.89. The first kappa shape index (κ1) is 20.0. The number of aromatic amines is 1. The molecule has 4 aromatic rings. The number of nitrogens with one attached hydrogen (secondary N) is 2. The van der Waals surface area contributed by atoms with E-state index in [1.165, 1.54) is 12.3 Å². The third-order valence-corrected chi connectivity index (χ3v) is 5.13. The summed E-state index contributed by atoms with van der Waals surface area (Å²) in [5.74, 6) is 0. The first-order chi connectivity index (χ1) is 14.0. The van der Waals surface area contributed by atoms with Crippen LogP contribution in [0.2, 0.25) is 0 Å². The molecule has 0 unspecified atom stereocenters. The Labute approximate surface area is 168 Å². The number of aromatic nitrogens is 3. The molecule has 0 aliphatic heterocycles. The smallest absolute Gasteiger partial charge is 0.298 e. The molecule has 0 amide bonds. The molecular weight excluding hydrogens is 421 g/mol. The summed E-state index contributed by atoms with van der Waals surface area (Å²) in [7, 11) is -3.58. The zero-order valence-electron chi connectivity index (χ0n) is 15.5. The fraction of sp³-hybridized carbons (Fsp3) is 0.158. The molecule has 0 aliphatic carbocycles. The van der Waals surface area contributed by atoms with Crippen LogP contribution in [-0.4, -0.2) is 35.6 Å². The molecular formula is C19H15F3N4O3S. The van der Waals surface area contributed by atoms with Crippen molar-refractivity contribution in [3.05, 3.63) is 59.0 Å². The van der Waals surface area contributed by atoms with E-state index in [0.29, 0.717) is 26.6 Å². The molecule has 0 spiro atoms. The highest BCUT2D eigenvalue weighted by Crippen LogP contribution is 2.32. The zero-order chi connectivity index (χ0) is 21.7. The number of benzene rings is 2. The topological polar surface area (TPSA) is 96.8 Å². The quantitative estimate of drug-likeness (QED) is 0.512. The van der Waals surface area contributed by atoms with E-state index in [9.17, 15) is 26.4 Å². The lowest BCUT2D eigenvalue weighted by atomic mass is 10.0. The molecule has 4 rings (SSSR count). The summed E-state index contributed by atoms with van der Waals surface area (Å²) in [6, 6.07) is 11.1. The van der Waals surface area contributed by atoms with Gasteiger partial charge in [-0.1, -0.05) is 30.3 Å². The van der Waals surface area contributed by atoms with E-state index in [1.54, 1.807) is 36.4 Å². The van der Waals surface area contributed by atoms with E-state index in [-0.39, 0.29) is 16.6 Å². The summed E-state index contributed by atoms with van der Waals surface area (Å²) in [6.07, 6.45) is -2.41. The second-order valence-electron chi connectivity index (χ2n) is 6.82. The number of hydrogen-bond donors (Lipinski definition) is 2. The van der Waals surface area contributed by atoms with Crippen LogP contribution in [0.4, 0.5) is 18.9 Å². The van der Waals surface area contributed by atoms with E-state index in [0.717, 1.165) is 6.26 Å². The number of hydrogen-bond acceptors (Lipinski definition) is 4. The van der Waals surface area contributed by atoms with Crippen molar-refractivity contribution < 1.29 is 21.6 Å². The lowest BCUT2D eigenvalue weighted by Gasteiger charge is -2.16. The predicted molar refractivity (Wildman–Crippen MR) is 108 cm³/mol. The maximum Gasteiger partial charge on any atom is 0.406 e. The average molecular weight is 436 g/mol. The number of fused-ring (bicyclic) bond motifs is 3. The van der Waals surface area contributed by atoms with E-state index >= 15 is 0 Å². The van der Waals surface area contributed by atoms with Crippen molar-refractivity contribution in [2.24, 2.45) is 0 Å². The van der Waals surface area contributed by atoms with Gasteiger partial charge in [0.1, 0.15) is 6.54 Å². The number of pyridine rings is 1. The van der Waals surface area contributed by atoms with Gasteiger partial charge in [0.05, 0.1) is 34.6 Å². The molecule has 11 heteroatoms. The minimum Gasteiger partial charge on any atom is -0.298 e. The first-order valence-corrected chi connectivity index (χ1v) is 10.6. The number of halogens is 3. The lowest BCUT2D eigenvalue weighted by Crippen LogP contribution is -2.28. The van der Waals surface area contributed by atoms with E-state index < -0.39 is 28.3 Å². The molecule has 2 aromatic carbocycles. The molecule has 7 nitrogen and oxygen atoms in total. The molecule has 0 fully saturated rings. The van der Waals surface area contributed by atoms with Crippen molar-refractivity contribution >= 4 is 37.5 Å². The van der Waals surface area contributed by atoms with Crippen molar-refractivity contribution in [3.63, 3.8) is 0 Å². The predicted octanol–water partition coefficient (Wildman–Crippen LogP) is 3.48. The van der Waals surface area contributed by atoms with Crippen LogP contribution in [0.15, 0.2) is 53.5 Å². The normalized spacial score (nSPS) is 12.5. The Morgan fingerprint density at radius 3 is 2.57 bits per heavy atom. The minimum absolute atomic E-state index is 0.0543. The summed E-state index contributed by atoms with van der Waals surface area (Å²) in [6.45, 7) is -1.46. The molecule has 0 saturated heterocycles. The second kappa shape index (κ2) is 6.87. The van der Waals surface area contributed by atoms with Crippen LogP contribution in [0, 0.1) is 0 Å². The Bertz CT molecular complexity index is 1440.